The zero-order valence-corrected chi connectivity index (χ0v) is 13.1. The largest absolute Gasteiger partial charge is 0.481 e. The van der Waals surface area contributed by atoms with Crippen LogP contribution in [0.5, 0.6) is 5.88 Å². The summed E-state index contributed by atoms with van der Waals surface area (Å²) in [6.07, 6.45) is 2.53. The van der Waals surface area contributed by atoms with Crippen molar-refractivity contribution in [3.8, 4) is 5.88 Å². The normalized spacial score (nSPS) is 24.1. The number of ether oxygens (including phenoxy) is 1. The summed E-state index contributed by atoms with van der Waals surface area (Å²) >= 11 is 0. The lowest BCUT2D eigenvalue weighted by Crippen LogP contribution is -2.45. The highest BCUT2D eigenvalue weighted by molar-refractivity contribution is 5.19. The Morgan fingerprint density at radius 2 is 2.25 bits per heavy atom. The van der Waals surface area contributed by atoms with E-state index in [0.717, 1.165) is 18.8 Å². The van der Waals surface area contributed by atoms with Crippen LogP contribution >= 0.6 is 0 Å². The van der Waals surface area contributed by atoms with Crippen LogP contribution in [-0.2, 0) is 0 Å². The molecule has 2 atom stereocenters. The maximum atomic E-state index is 5.29. The topological polar surface area (TPSA) is 37.4 Å². The van der Waals surface area contributed by atoms with E-state index in [0.29, 0.717) is 23.9 Å². The highest BCUT2D eigenvalue weighted by atomic mass is 16.5. The summed E-state index contributed by atoms with van der Waals surface area (Å²) in [7, 11) is 3.71. The second-order valence-corrected chi connectivity index (χ2v) is 5.84. The van der Waals surface area contributed by atoms with Crippen molar-refractivity contribution in [1.29, 1.82) is 0 Å². The van der Waals surface area contributed by atoms with Crippen LogP contribution < -0.4 is 10.1 Å². The molecule has 0 amide bonds. The van der Waals surface area contributed by atoms with E-state index in [-0.39, 0.29) is 0 Å². The van der Waals surface area contributed by atoms with Gasteiger partial charge in [-0.15, -0.1) is 0 Å². The Labute approximate surface area is 122 Å². The maximum Gasteiger partial charge on any atom is 0.213 e. The van der Waals surface area contributed by atoms with Crippen LogP contribution in [0.2, 0.25) is 0 Å². The number of aromatic nitrogens is 1. The number of pyridine rings is 1. The van der Waals surface area contributed by atoms with Crippen molar-refractivity contribution in [2.24, 2.45) is 5.92 Å². The number of hydrogen-bond donors (Lipinski definition) is 1. The molecule has 20 heavy (non-hydrogen) atoms. The maximum absolute atomic E-state index is 5.29. The second-order valence-electron chi connectivity index (χ2n) is 5.84. The Kier molecular flexibility index (Phi) is 5.38. The third-order valence-electron chi connectivity index (χ3n) is 4.18. The molecule has 4 nitrogen and oxygen atoms in total. The first-order valence-corrected chi connectivity index (χ1v) is 7.58. The van der Waals surface area contributed by atoms with Crippen molar-refractivity contribution < 1.29 is 4.74 Å². The number of rotatable bonds is 5. The van der Waals surface area contributed by atoms with Crippen LogP contribution in [0.25, 0.3) is 0 Å². The molecule has 0 radical (unpaired) electrons. The standard InChI is InChI=1S/C16H27N3O/c1-12(2)19-10-6-7-13(11-17-3)16(19)14-8-5-9-15(18-14)20-4/h5,8-9,12-13,16-17H,6-7,10-11H2,1-4H3. The molecule has 0 aromatic carbocycles. The van der Waals surface area contributed by atoms with Crippen LogP contribution in [0.3, 0.4) is 0 Å². The zero-order chi connectivity index (χ0) is 14.5. The average molecular weight is 277 g/mol. The molecule has 1 aliphatic heterocycles. The van der Waals surface area contributed by atoms with Crippen molar-refractivity contribution in [2.45, 2.75) is 38.8 Å². The van der Waals surface area contributed by atoms with Gasteiger partial charge in [0.15, 0.2) is 0 Å². The van der Waals surface area contributed by atoms with E-state index >= 15 is 0 Å². The van der Waals surface area contributed by atoms with E-state index in [1.165, 1.54) is 12.8 Å². The van der Waals surface area contributed by atoms with Crippen molar-refractivity contribution in [3.05, 3.63) is 23.9 Å². The first-order chi connectivity index (χ1) is 9.67. The number of methoxy groups -OCH3 is 1. The predicted octanol–water partition coefficient (Wildman–Crippen LogP) is 2.47. The Morgan fingerprint density at radius 1 is 1.45 bits per heavy atom. The van der Waals surface area contributed by atoms with Gasteiger partial charge >= 0.3 is 0 Å². The molecule has 4 heteroatoms. The molecule has 0 bridgehead atoms. The van der Waals surface area contributed by atoms with E-state index in [1.54, 1.807) is 7.11 Å². The van der Waals surface area contributed by atoms with Gasteiger partial charge in [0, 0.05) is 12.1 Å². The molecule has 0 aliphatic carbocycles. The SMILES string of the molecule is CNCC1CCCN(C(C)C)C1c1cccc(OC)n1. The lowest BCUT2D eigenvalue weighted by atomic mass is 9.85. The molecule has 1 aromatic rings. The molecule has 1 fully saturated rings. The molecular weight excluding hydrogens is 250 g/mol. The van der Waals surface area contributed by atoms with Crippen molar-refractivity contribution in [3.63, 3.8) is 0 Å². The van der Waals surface area contributed by atoms with Crippen LogP contribution in [-0.4, -0.2) is 43.2 Å². The van der Waals surface area contributed by atoms with Gasteiger partial charge in [-0.3, -0.25) is 4.90 Å². The Bertz CT molecular complexity index is 420. The van der Waals surface area contributed by atoms with Gasteiger partial charge in [0.25, 0.3) is 0 Å². The molecular formula is C16H27N3O. The minimum absolute atomic E-state index is 0.381. The summed E-state index contributed by atoms with van der Waals surface area (Å²) in [5.41, 5.74) is 1.14. The van der Waals surface area contributed by atoms with Gasteiger partial charge in [-0.05, 0) is 58.8 Å². The molecule has 2 rings (SSSR count). The number of hydrogen-bond acceptors (Lipinski definition) is 4. The van der Waals surface area contributed by atoms with E-state index < -0.39 is 0 Å². The summed E-state index contributed by atoms with van der Waals surface area (Å²) in [6, 6.07) is 7.01. The number of likely N-dealkylation sites (tertiary alicyclic amines) is 1. The number of piperidine rings is 1. The van der Waals surface area contributed by atoms with Crippen molar-refractivity contribution >= 4 is 0 Å². The van der Waals surface area contributed by atoms with Crippen molar-refractivity contribution in [2.75, 3.05) is 27.2 Å². The van der Waals surface area contributed by atoms with Crippen LogP contribution in [0.4, 0.5) is 0 Å². The summed E-state index contributed by atoms with van der Waals surface area (Å²) in [4.78, 5) is 7.27. The monoisotopic (exact) mass is 277 g/mol. The first kappa shape index (κ1) is 15.3. The molecule has 0 spiro atoms. The highest BCUT2D eigenvalue weighted by Gasteiger charge is 2.34. The van der Waals surface area contributed by atoms with E-state index in [2.05, 4.69) is 35.1 Å². The van der Waals surface area contributed by atoms with Gasteiger partial charge in [0.2, 0.25) is 5.88 Å². The Morgan fingerprint density at radius 3 is 2.90 bits per heavy atom. The Hall–Kier alpha value is -1.13. The zero-order valence-electron chi connectivity index (χ0n) is 13.1. The lowest BCUT2D eigenvalue weighted by molar-refractivity contribution is 0.0606. The summed E-state index contributed by atoms with van der Waals surface area (Å²) in [5.74, 6) is 1.32. The minimum atomic E-state index is 0.381. The summed E-state index contributed by atoms with van der Waals surface area (Å²) in [5, 5.41) is 3.34. The van der Waals surface area contributed by atoms with Crippen LogP contribution in [0.15, 0.2) is 18.2 Å². The molecule has 1 N–H and O–H groups in total. The molecule has 2 unspecified atom stereocenters. The van der Waals surface area contributed by atoms with Gasteiger partial charge in [-0.2, -0.15) is 0 Å². The molecule has 1 saturated heterocycles. The molecule has 1 aliphatic rings. The van der Waals surface area contributed by atoms with Gasteiger partial charge in [0.1, 0.15) is 0 Å². The minimum Gasteiger partial charge on any atom is -0.481 e. The number of nitrogens with zero attached hydrogens (tertiary/aromatic N) is 2. The average Bonchev–Trinajstić information content (AvgIpc) is 2.47. The molecule has 112 valence electrons. The number of nitrogens with one attached hydrogen (secondary N) is 1. The second kappa shape index (κ2) is 7.04. The summed E-state index contributed by atoms with van der Waals surface area (Å²) < 4.78 is 5.29. The smallest absolute Gasteiger partial charge is 0.213 e. The quantitative estimate of drug-likeness (QED) is 0.897. The predicted molar refractivity (Wildman–Crippen MR) is 82.0 cm³/mol. The fourth-order valence-corrected chi connectivity index (χ4v) is 3.28. The third kappa shape index (κ3) is 3.30. The third-order valence-corrected chi connectivity index (χ3v) is 4.18. The fourth-order valence-electron chi connectivity index (χ4n) is 3.28. The van der Waals surface area contributed by atoms with E-state index in [4.69, 9.17) is 4.74 Å². The van der Waals surface area contributed by atoms with Gasteiger partial charge in [-0.25, -0.2) is 4.98 Å². The van der Waals surface area contributed by atoms with Crippen LogP contribution in [0.1, 0.15) is 38.4 Å². The summed E-state index contributed by atoms with van der Waals surface area (Å²) in [6.45, 7) is 6.73. The van der Waals surface area contributed by atoms with Crippen LogP contribution in [0, 0.1) is 5.92 Å². The molecule has 0 saturated carbocycles. The first-order valence-electron chi connectivity index (χ1n) is 7.58. The molecule has 1 aromatic heterocycles. The molecule has 2 heterocycles. The Balaban J connectivity index is 2.32. The van der Waals surface area contributed by atoms with Crippen molar-refractivity contribution in [1.82, 2.24) is 15.2 Å². The van der Waals surface area contributed by atoms with E-state index in [1.807, 2.05) is 19.2 Å². The van der Waals surface area contributed by atoms with E-state index in [9.17, 15) is 0 Å². The highest BCUT2D eigenvalue weighted by Crippen LogP contribution is 2.36. The van der Waals surface area contributed by atoms with Gasteiger partial charge < -0.3 is 10.1 Å². The fraction of sp³-hybridized carbons (Fsp3) is 0.688. The lowest BCUT2D eigenvalue weighted by Gasteiger charge is -2.43. The van der Waals surface area contributed by atoms with Gasteiger partial charge in [-0.1, -0.05) is 6.07 Å². The van der Waals surface area contributed by atoms with Gasteiger partial charge in [0.05, 0.1) is 18.8 Å².